The molecule has 0 aliphatic heterocycles. The van der Waals surface area contributed by atoms with E-state index in [1.165, 1.54) is 6.26 Å². The Hall–Kier alpha value is -1.37. The van der Waals surface area contributed by atoms with Gasteiger partial charge in [0.2, 0.25) is 0 Å². The van der Waals surface area contributed by atoms with Crippen molar-refractivity contribution in [2.45, 2.75) is 45.3 Å². The molecule has 0 aliphatic carbocycles. The Bertz CT molecular complexity index is 597. The highest BCUT2D eigenvalue weighted by Gasteiger charge is 2.30. The molecule has 1 rings (SSSR count). The number of nitrogens with one attached hydrogen (secondary N) is 2. The Morgan fingerprint density at radius 2 is 1.76 bits per heavy atom. The zero-order valence-electron chi connectivity index (χ0n) is 13.7. The number of hydrogen-bond acceptors (Lipinski definition) is 6. The van der Waals surface area contributed by atoms with Crippen molar-refractivity contribution in [1.29, 1.82) is 0 Å². The van der Waals surface area contributed by atoms with E-state index in [1.807, 2.05) is 14.0 Å². The summed E-state index contributed by atoms with van der Waals surface area (Å²) < 4.78 is 22.7. The predicted molar refractivity (Wildman–Crippen MR) is 87.7 cm³/mol. The van der Waals surface area contributed by atoms with Gasteiger partial charge in [-0.15, -0.1) is 0 Å². The van der Waals surface area contributed by atoms with Crippen LogP contribution in [0.4, 0.5) is 11.6 Å². The lowest BCUT2D eigenvalue weighted by Gasteiger charge is -2.24. The van der Waals surface area contributed by atoms with Crippen molar-refractivity contribution < 1.29 is 8.42 Å². The summed E-state index contributed by atoms with van der Waals surface area (Å²) >= 11 is 0. The largest absolute Gasteiger partial charge is 0.373 e. The van der Waals surface area contributed by atoms with Gasteiger partial charge in [0.25, 0.3) is 0 Å². The Labute approximate surface area is 127 Å². The third-order valence-electron chi connectivity index (χ3n) is 3.59. The molecule has 1 aromatic heterocycles. The van der Waals surface area contributed by atoms with Gasteiger partial charge >= 0.3 is 0 Å². The van der Waals surface area contributed by atoms with Crippen molar-refractivity contribution in [2.24, 2.45) is 0 Å². The van der Waals surface area contributed by atoms with Crippen molar-refractivity contribution in [2.75, 3.05) is 30.5 Å². The van der Waals surface area contributed by atoms with E-state index < -0.39 is 14.6 Å². The maximum Gasteiger partial charge on any atom is 0.154 e. The molecule has 2 N–H and O–H groups in total. The molecule has 0 fully saturated rings. The maximum atomic E-state index is 11.8. The van der Waals surface area contributed by atoms with Gasteiger partial charge in [0.1, 0.15) is 17.5 Å². The lowest BCUT2D eigenvalue weighted by molar-refractivity contribution is 0.559. The normalized spacial score (nSPS) is 12.3. The fourth-order valence-electron chi connectivity index (χ4n) is 1.74. The van der Waals surface area contributed by atoms with E-state index in [2.05, 4.69) is 27.5 Å². The summed E-state index contributed by atoms with van der Waals surface area (Å²) in [6.45, 7) is 7.70. The molecule has 1 heterocycles. The average molecular weight is 314 g/mol. The van der Waals surface area contributed by atoms with Crippen LogP contribution in [-0.4, -0.2) is 43.0 Å². The quantitative estimate of drug-likeness (QED) is 0.801. The lowest BCUT2D eigenvalue weighted by Crippen LogP contribution is -2.38. The van der Waals surface area contributed by atoms with E-state index in [9.17, 15) is 8.42 Å². The first-order valence-electron chi connectivity index (χ1n) is 7.11. The lowest BCUT2D eigenvalue weighted by atomic mass is 10.2. The van der Waals surface area contributed by atoms with Crippen molar-refractivity contribution in [3.05, 3.63) is 11.4 Å². The minimum Gasteiger partial charge on any atom is -0.373 e. The van der Waals surface area contributed by atoms with Gasteiger partial charge in [-0.2, -0.15) is 0 Å². The third-order valence-corrected chi connectivity index (χ3v) is 5.74. The minimum atomic E-state index is -3.14. The highest BCUT2D eigenvalue weighted by molar-refractivity contribution is 7.92. The smallest absolute Gasteiger partial charge is 0.154 e. The first-order chi connectivity index (χ1) is 9.62. The number of rotatable bonds is 7. The van der Waals surface area contributed by atoms with Crippen LogP contribution in [-0.2, 0) is 16.3 Å². The standard InChI is InChI=1S/C14H26N4O2S/c1-7-8-11-17-12(15-5)10(2)13(18-11)16-9-14(3,4)21(6,19)20/h7-9H2,1-6H3,(H2,15,16,17,18). The molecular formula is C14H26N4O2S. The third kappa shape index (κ3) is 4.30. The summed E-state index contributed by atoms with van der Waals surface area (Å²) in [7, 11) is -1.33. The summed E-state index contributed by atoms with van der Waals surface area (Å²) in [4.78, 5) is 8.95. The zero-order chi connectivity index (χ0) is 16.3. The van der Waals surface area contributed by atoms with E-state index in [4.69, 9.17) is 0 Å². The second-order valence-corrected chi connectivity index (χ2v) is 8.50. The van der Waals surface area contributed by atoms with Crippen LogP contribution in [0.5, 0.6) is 0 Å². The fraction of sp³-hybridized carbons (Fsp3) is 0.714. The Morgan fingerprint density at radius 3 is 2.24 bits per heavy atom. The molecule has 21 heavy (non-hydrogen) atoms. The molecule has 0 aliphatic rings. The topological polar surface area (TPSA) is 84.0 Å². The summed E-state index contributed by atoms with van der Waals surface area (Å²) in [5.74, 6) is 2.22. The molecule has 120 valence electrons. The number of aromatic nitrogens is 2. The van der Waals surface area contributed by atoms with Crippen LogP contribution in [0.15, 0.2) is 0 Å². The summed E-state index contributed by atoms with van der Waals surface area (Å²) in [6.07, 6.45) is 3.00. The van der Waals surface area contributed by atoms with Crippen molar-refractivity contribution in [3.63, 3.8) is 0 Å². The van der Waals surface area contributed by atoms with Crippen molar-refractivity contribution in [1.82, 2.24) is 9.97 Å². The Kier molecular flexibility index (Phi) is 5.55. The van der Waals surface area contributed by atoms with Gasteiger partial charge in [-0.25, -0.2) is 18.4 Å². The van der Waals surface area contributed by atoms with E-state index in [-0.39, 0.29) is 0 Å². The van der Waals surface area contributed by atoms with Gasteiger partial charge in [0.15, 0.2) is 9.84 Å². The summed E-state index contributed by atoms with van der Waals surface area (Å²) in [6, 6.07) is 0. The molecule has 0 spiro atoms. The molecular weight excluding hydrogens is 288 g/mol. The second kappa shape index (κ2) is 6.60. The number of anilines is 2. The summed E-state index contributed by atoms with van der Waals surface area (Å²) in [5, 5.41) is 6.22. The molecule has 0 aromatic carbocycles. The number of nitrogens with zero attached hydrogens (tertiary/aromatic N) is 2. The molecule has 7 heteroatoms. The summed E-state index contributed by atoms with van der Waals surface area (Å²) in [5.41, 5.74) is 0.890. The molecule has 0 atom stereocenters. The van der Waals surface area contributed by atoms with Crippen molar-refractivity contribution in [3.8, 4) is 0 Å². The molecule has 1 aromatic rings. The maximum absolute atomic E-state index is 11.8. The van der Waals surface area contributed by atoms with Crippen LogP contribution in [0.2, 0.25) is 0 Å². The van der Waals surface area contributed by atoms with Gasteiger partial charge in [-0.3, -0.25) is 0 Å². The van der Waals surface area contributed by atoms with Gasteiger partial charge < -0.3 is 10.6 Å². The van der Waals surface area contributed by atoms with Crippen LogP contribution in [0.25, 0.3) is 0 Å². The zero-order valence-corrected chi connectivity index (χ0v) is 14.6. The first kappa shape index (κ1) is 17.7. The first-order valence-corrected chi connectivity index (χ1v) is 9.00. The monoisotopic (exact) mass is 314 g/mol. The molecule has 0 amide bonds. The van der Waals surface area contributed by atoms with Gasteiger partial charge in [0.05, 0.1) is 4.75 Å². The van der Waals surface area contributed by atoms with Crippen molar-refractivity contribution >= 4 is 21.5 Å². The SMILES string of the molecule is CCCc1nc(NC)c(C)c(NCC(C)(C)S(C)(=O)=O)n1. The molecule has 0 saturated heterocycles. The van der Waals surface area contributed by atoms with Crippen LogP contribution in [0.1, 0.15) is 38.6 Å². The highest BCUT2D eigenvalue weighted by atomic mass is 32.2. The number of aryl methyl sites for hydroxylation is 1. The van der Waals surface area contributed by atoms with E-state index in [0.29, 0.717) is 12.4 Å². The van der Waals surface area contributed by atoms with Crippen LogP contribution >= 0.6 is 0 Å². The van der Waals surface area contributed by atoms with E-state index >= 15 is 0 Å². The van der Waals surface area contributed by atoms with Gasteiger partial charge in [0, 0.05) is 31.8 Å². The Balaban J connectivity index is 3.05. The minimum absolute atomic E-state index is 0.304. The molecule has 6 nitrogen and oxygen atoms in total. The number of sulfone groups is 1. The average Bonchev–Trinajstić information content (AvgIpc) is 2.38. The van der Waals surface area contributed by atoms with Gasteiger partial charge in [-0.1, -0.05) is 6.92 Å². The molecule has 0 saturated carbocycles. The molecule has 0 unspecified atom stereocenters. The second-order valence-electron chi connectivity index (χ2n) is 5.85. The van der Waals surface area contributed by atoms with Crippen LogP contribution in [0, 0.1) is 6.92 Å². The van der Waals surface area contributed by atoms with Gasteiger partial charge in [-0.05, 0) is 27.2 Å². The Morgan fingerprint density at radius 1 is 1.19 bits per heavy atom. The van der Waals surface area contributed by atoms with Crippen LogP contribution < -0.4 is 10.6 Å². The predicted octanol–water partition coefficient (Wildman–Crippen LogP) is 2.01. The fourth-order valence-corrected chi connectivity index (χ4v) is 2.08. The number of hydrogen-bond donors (Lipinski definition) is 2. The molecule has 0 bridgehead atoms. The molecule has 0 radical (unpaired) electrons. The highest BCUT2D eigenvalue weighted by Crippen LogP contribution is 2.22. The van der Waals surface area contributed by atoms with E-state index in [0.717, 1.165) is 30.0 Å². The van der Waals surface area contributed by atoms with E-state index in [1.54, 1.807) is 13.8 Å². The van der Waals surface area contributed by atoms with Crippen LogP contribution in [0.3, 0.4) is 0 Å².